The third-order valence-electron chi connectivity index (χ3n) is 4.05. The first-order valence-corrected chi connectivity index (χ1v) is 8.48. The Labute approximate surface area is 153 Å². The van der Waals surface area contributed by atoms with E-state index in [1.807, 2.05) is 6.07 Å². The highest BCUT2D eigenvalue weighted by Crippen LogP contribution is 2.29. The molecule has 8 heteroatoms. The van der Waals surface area contributed by atoms with Crippen LogP contribution in [0.2, 0.25) is 0 Å². The molecule has 0 atom stereocenters. The Bertz CT molecular complexity index is 678. The van der Waals surface area contributed by atoms with E-state index >= 15 is 0 Å². The van der Waals surface area contributed by atoms with Gasteiger partial charge in [-0.15, -0.1) is 0 Å². The van der Waals surface area contributed by atoms with Crippen molar-refractivity contribution in [2.75, 3.05) is 58.8 Å². The minimum Gasteiger partial charge on any atom is -0.497 e. The summed E-state index contributed by atoms with van der Waals surface area (Å²) < 4.78 is 10.4. The van der Waals surface area contributed by atoms with Gasteiger partial charge in [-0.2, -0.15) is 5.26 Å². The average Bonchev–Trinajstić information content (AvgIpc) is 2.68. The van der Waals surface area contributed by atoms with Crippen molar-refractivity contribution in [2.24, 2.45) is 0 Å². The average molecular weight is 359 g/mol. The fraction of sp³-hybridized carbons (Fsp3) is 0.444. The smallest absolute Gasteiger partial charge is 0.267 e. The molecular weight excluding hydrogens is 334 g/mol. The fourth-order valence-electron chi connectivity index (χ4n) is 2.58. The summed E-state index contributed by atoms with van der Waals surface area (Å²) in [4.78, 5) is 14.7. The zero-order valence-electron chi connectivity index (χ0n) is 15.2. The molecule has 8 nitrogen and oxygen atoms in total. The Morgan fingerprint density at radius 3 is 2.77 bits per heavy atom. The molecule has 1 aliphatic rings. The van der Waals surface area contributed by atoms with Crippen LogP contribution in [0, 0.1) is 11.3 Å². The van der Waals surface area contributed by atoms with E-state index in [0.29, 0.717) is 23.7 Å². The maximum atomic E-state index is 12.4. The molecule has 1 heterocycles. The van der Waals surface area contributed by atoms with Crippen LogP contribution in [-0.4, -0.2) is 64.3 Å². The molecule has 1 amide bonds. The standard InChI is InChI=1S/C18H25N5O3/c1-25-15-3-4-17(26-2)16(11-15)22-18(24)14(12-19)13-21-7-10-23-8-5-20-6-9-23/h3-4,11,13,20-21H,5-10H2,1-2H3,(H,22,24)/b14-13-. The Morgan fingerprint density at radius 2 is 2.12 bits per heavy atom. The minimum absolute atomic E-state index is 0.00446. The van der Waals surface area contributed by atoms with Gasteiger partial charge in [0.05, 0.1) is 19.9 Å². The number of carbonyl (C=O) groups is 1. The summed E-state index contributed by atoms with van der Waals surface area (Å²) in [6.07, 6.45) is 1.45. The summed E-state index contributed by atoms with van der Waals surface area (Å²) in [5.74, 6) is 0.564. The van der Waals surface area contributed by atoms with Gasteiger partial charge in [0, 0.05) is 51.5 Å². The number of nitrogens with zero attached hydrogens (tertiary/aromatic N) is 2. The van der Waals surface area contributed by atoms with Crippen LogP contribution in [0.3, 0.4) is 0 Å². The SMILES string of the molecule is COc1ccc(OC)c(NC(=O)/C(C#N)=C\NCCN2CCNCC2)c1. The number of carbonyl (C=O) groups excluding carboxylic acids is 1. The first-order valence-electron chi connectivity index (χ1n) is 8.48. The van der Waals surface area contributed by atoms with Crippen molar-refractivity contribution in [3.8, 4) is 17.6 Å². The van der Waals surface area contributed by atoms with E-state index < -0.39 is 5.91 Å². The lowest BCUT2D eigenvalue weighted by atomic mass is 10.2. The van der Waals surface area contributed by atoms with Crippen LogP contribution in [0.4, 0.5) is 5.69 Å². The second-order valence-corrected chi connectivity index (χ2v) is 5.74. The highest BCUT2D eigenvalue weighted by Gasteiger charge is 2.13. The number of hydrogen-bond donors (Lipinski definition) is 3. The third kappa shape index (κ3) is 5.65. The molecule has 1 aliphatic heterocycles. The van der Waals surface area contributed by atoms with E-state index in [-0.39, 0.29) is 5.57 Å². The summed E-state index contributed by atoms with van der Waals surface area (Å²) in [6.45, 7) is 5.52. The number of anilines is 1. The predicted octanol–water partition coefficient (Wildman–Crippen LogP) is 0.545. The van der Waals surface area contributed by atoms with E-state index in [2.05, 4.69) is 20.9 Å². The van der Waals surface area contributed by atoms with E-state index in [1.54, 1.807) is 18.2 Å². The zero-order valence-corrected chi connectivity index (χ0v) is 15.2. The third-order valence-corrected chi connectivity index (χ3v) is 4.05. The lowest BCUT2D eigenvalue weighted by Crippen LogP contribution is -2.45. The normalized spacial score (nSPS) is 15.0. The molecule has 0 spiro atoms. The molecule has 140 valence electrons. The van der Waals surface area contributed by atoms with Gasteiger partial charge < -0.3 is 25.4 Å². The number of ether oxygens (including phenoxy) is 2. The van der Waals surface area contributed by atoms with Crippen LogP contribution in [0.1, 0.15) is 0 Å². The number of piperazine rings is 1. The highest BCUT2D eigenvalue weighted by molar-refractivity contribution is 6.07. The number of amides is 1. The summed E-state index contributed by atoms with van der Waals surface area (Å²) in [6, 6.07) is 6.98. The second kappa shape index (κ2) is 10.3. The van der Waals surface area contributed by atoms with Crippen molar-refractivity contribution in [2.45, 2.75) is 0 Å². The van der Waals surface area contributed by atoms with E-state index in [0.717, 1.165) is 32.7 Å². The van der Waals surface area contributed by atoms with Crippen LogP contribution in [0.5, 0.6) is 11.5 Å². The Balaban J connectivity index is 1.92. The first-order chi connectivity index (χ1) is 12.7. The monoisotopic (exact) mass is 359 g/mol. The molecule has 0 aliphatic carbocycles. The molecule has 0 radical (unpaired) electrons. The maximum absolute atomic E-state index is 12.4. The molecule has 0 aromatic heterocycles. The van der Waals surface area contributed by atoms with Crippen molar-refractivity contribution in [1.29, 1.82) is 5.26 Å². The van der Waals surface area contributed by atoms with Gasteiger partial charge in [0.2, 0.25) is 0 Å². The van der Waals surface area contributed by atoms with Crippen LogP contribution in [0.25, 0.3) is 0 Å². The lowest BCUT2D eigenvalue weighted by Gasteiger charge is -2.26. The van der Waals surface area contributed by atoms with E-state index in [1.165, 1.54) is 20.4 Å². The van der Waals surface area contributed by atoms with Gasteiger partial charge in [0.25, 0.3) is 5.91 Å². The maximum Gasteiger partial charge on any atom is 0.267 e. The lowest BCUT2D eigenvalue weighted by molar-refractivity contribution is -0.112. The number of benzene rings is 1. The molecule has 0 unspecified atom stereocenters. The summed E-state index contributed by atoms with van der Waals surface area (Å²) in [5.41, 5.74) is 0.439. The molecule has 0 saturated carbocycles. The Hall–Kier alpha value is -2.76. The largest absolute Gasteiger partial charge is 0.497 e. The molecule has 1 fully saturated rings. The number of methoxy groups -OCH3 is 2. The zero-order chi connectivity index (χ0) is 18.8. The molecule has 26 heavy (non-hydrogen) atoms. The number of hydrogen-bond acceptors (Lipinski definition) is 7. The minimum atomic E-state index is -0.506. The topological polar surface area (TPSA) is 98.6 Å². The van der Waals surface area contributed by atoms with E-state index in [4.69, 9.17) is 9.47 Å². The predicted molar refractivity (Wildman–Crippen MR) is 99.2 cm³/mol. The summed E-state index contributed by atoms with van der Waals surface area (Å²) >= 11 is 0. The highest BCUT2D eigenvalue weighted by atomic mass is 16.5. The van der Waals surface area contributed by atoms with Crippen molar-refractivity contribution in [3.05, 3.63) is 30.0 Å². The second-order valence-electron chi connectivity index (χ2n) is 5.74. The van der Waals surface area contributed by atoms with Crippen molar-refractivity contribution in [3.63, 3.8) is 0 Å². The van der Waals surface area contributed by atoms with Gasteiger partial charge in [0.15, 0.2) is 0 Å². The molecule has 1 aromatic rings. The molecule has 3 N–H and O–H groups in total. The van der Waals surface area contributed by atoms with Gasteiger partial charge in [-0.05, 0) is 12.1 Å². The molecule has 0 bridgehead atoms. The molecular formula is C18H25N5O3. The van der Waals surface area contributed by atoms with Crippen LogP contribution < -0.4 is 25.4 Å². The molecule has 1 aromatic carbocycles. The number of rotatable bonds is 8. The summed E-state index contributed by atoms with van der Waals surface area (Å²) in [5, 5.41) is 18.3. The van der Waals surface area contributed by atoms with Crippen LogP contribution in [0.15, 0.2) is 30.0 Å². The van der Waals surface area contributed by atoms with Gasteiger partial charge in [-0.3, -0.25) is 9.69 Å². The van der Waals surface area contributed by atoms with Gasteiger partial charge in [0.1, 0.15) is 23.1 Å². The van der Waals surface area contributed by atoms with E-state index in [9.17, 15) is 10.1 Å². The molecule has 1 saturated heterocycles. The van der Waals surface area contributed by atoms with Gasteiger partial charge in [-0.25, -0.2) is 0 Å². The molecule has 2 rings (SSSR count). The fourth-order valence-corrected chi connectivity index (χ4v) is 2.58. The van der Waals surface area contributed by atoms with Gasteiger partial charge >= 0.3 is 0 Å². The number of nitrogens with one attached hydrogen (secondary N) is 3. The Kier molecular flexibility index (Phi) is 7.74. The number of nitriles is 1. The van der Waals surface area contributed by atoms with Crippen molar-refractivity contribution < 1.29 is 14.3 Å². The quantitative estimate of drug-likeness (QED) is 0.354. The summed E-state index contributed by atoms with van der Waals surface area (Å²) in [7, 11) is 3.05. The van der Waals surface area contributed by atoms with Crippen molar-refractivity contribution >= 4 is 11.6 Å². The van der Waals surface area contributed by atoms with Gasteiger partial charge in [-0.1, -0.05) is 0 Å². The van der Waals surface area contributed by atoms with Crippen LogP contribution in [-0.2, 0) is 4.79 Å². The Morgan fingerprint density at radius 1 is 1.35 bits per heavy atom. The van der Waals surface area contributed by atoms with Crippen LogP contribution >= 0.6 is 0 Å². The van der Waals surface area contributed by atoms with Crippen molar-refractivity contribution in [1.82, 2.24) is 15.5 Å². The first kappa shape index (κ1) is 19.6.